The Morgan fingerprint density at radius 3 is 2.88 bits per heavy atom. The predicted molar refractivity (Wildman–Crippen MR) is 63.8 cm³/mol. The van der Waals surface area contributed by atoms with Gasteiger partial charge in [-0.1, -0.05) is 18.5 Å². The van der Waals surface area contributed by atoms with E-state index in [0.29, 0.717) is 13.0 Å². The molecule has 1 aliphatic heterocycles. The van der Waals surface area contributed by atoms with Crippen molar-refractivity contribution in [3.05, 3.63) is 0 Å². The zero-order valence-corrected chi connectivity index (χ0v) is 10.3. The minimum absolute atomic E-state index is 0.0216. The normalized spacial score (nSPS) is 26.8. The lowest BCUT2D eigenvalue weighted by Crippen LogP contribution is -2.45. The van der Waals surface area contributed by atoms with Gasteiger partial charge in [-0.05, 0) is 19.8 Å². The van der Waals surface area contributed by atoms with Gasteiger partial charge < -0.3 is 21.0 Å². The van der Waals surface area contributed by atoms with Crippen LogP contribution in [0.4, 0.5) is 0 Å². The van der Waals surface area contributed by atoms with Crippen LogP contribution in [0.15, 0.2) is 5.16 Å². The first kappa shape index (κ1) is 13.8. The highest BCUT2D eigenvalue weighted by atomic mass is 16.5. The Morgan fingerprint density at radius 2 is 2.41 bits per heavy atom. The minimum atomic E-state index is -0.558. The van der Waals surface area contributed by atoms with Gasteiger partial charge in [-0.15, -0.1) is 0 Å². The first-order valence-corrected chi connectivity index (χ1v) is 5.99. The average molecular weight is 243 g/mol. The van der Waals surface area contributed by atoms with Crippen LogP contribution in [-0.2, 0) is 9.53 Å². The van der Waals surface area contributed by atoms with Crippen LogP contribution in [0, 0.1) is 5.92 Å². The summed E-state index contributed by atoms with van der Waals surface area (Å²) < 4.78 is 5.37. The summed E-state index contributed by atoms with van der Waals surface area (Å²) in [5.41, 5.74) is 5.52. The number of hydrogen-bond donors (Lipinski definition) is 3. The van der Waals surface area contributed by atoms with Gasteiger partial charge in [-0.25, -0.2) is 0 Å². The minimum Gasteiger partial charge on any atom is -0.409 e. The molecule has 3 atom stereocenters. The number of carbonyl (C=O) groups is 1. The number of carbonyl (C=O) groups excluding carboxylic acids is 1. The third kappa shape index (κ3) is 3.59. The lowest BCUT2D eigenvalue weighted by molar-refractivity contribution is -0.124. The smallest absolute Gasteiger partial charge is 0.231 e. The van der Waals surface area contributed by atoms with Gasteiger partial charge in [0.15, 0.2) is 5.84 Å². The van der Waals surface area contributed by atoms with Crippen molar-refractivity contribution in [2.45, 2.75) is 45.3 Å². The Kier molecular flexibility index (Phi) is 5.21. The predicted octanol–water partition coefficient (Wildman–Crippen LogP) is 0.443. The van der Waals surface area contributed by atoms with E-state index >= 15 is 0 Å². The number of nitrogens with zero attached hydrogens (tertiary/aromatic N) is 1. The van der Waals surface area contributed by atoms with Gasteiger partial charge in [0.05, 0.1) is 18.1 Å². The van der Waals surface area contributed by atoms with Crippen molar-refractivity contribution < 1.29 is 14.7 Å². The second-order valence-corrected chi connectivity index (χ2v) is 4.35. The molecule has 98 valence electrons. The summed E-state index contributed by atoms with van der Waals surface area (Å²) in [6, 6.07) is 0.0216. The fourth-order valence-electron chi connectivity index (χ4n) is 1.98. The van der Waals surface area contributed by atoms with Crippen molar-refractivity contribution in [1.82, 2.24) is 5.32 Å². The van der Waals surface area contributed by atoms with E-state index < -0.39 is 5.92 Å². The molecular formula is C11H21N3O3. The molecule has 0 spiro atoms. The second kappa shape index (κ2) is 6.44. The van der Waals surface area contributed by atoms with Crippen LogP contribution in [0.1, 0.15) is 33.1 Å². The topological polar surface area (TPSA) is 96.9 Å². The molecule has 4 N–H and O–H groups in total. The molecule has 1 fully saturated rings. The average Bonchev–Trinajstić information content (AvgIpc) is 2.71. The maximum Gasteiger partial charge on any atom is 0.231 e. The molecule has 17 heavy (non-hydrogen) atoms. The highest BCUT2D eigenvalue weighted by Crippen LogP contribution is 2.14. The Labute approximate surface area is 101 Å². The molecule has 0 aliphatic carbocycles. The highest BCUT2D eigenvalue weighted by Gasteiger charge is 2.29. The molecule has 3 unspecified atom stereocenters. The third-order valence-electron chi connectivity index (χ3n) is 3.07. The monoisotopic (exact) mass is 243 g/mol. The number of ether oxygens (including phenoxy) is 1. The fraction of sp³-hybridized carbons (Fsp3) is 0.818. The van der Waals surface area contributed by atoms with E-state index in [4.69, 9.17) is 15.7 Å². The van der Waals surface area contributed by atoms with Gasteiger partial charge in [0.1, 0.15) is 0 Å². The van der Waals surface area contributed by atoms with Crippen molar-refractivity contribution in [3.8, 4) is 0 Å². The van der Waals surface area contributed by atoms with Crippen molar-refractivity contribution >= 4 is 11.7 Å². The Bertz CT molecular complexity index is 294. The van der Waals surface area contributed by atoms with Crippen LogP contribution in [0.25, 0.3) is 0 Å². The number of nitrogens with one attached hydrogen (secondary N) is 1. The maximum absolute atomic E-state index is 12.0. The highest BCUT2D eigenvalue weighted by molar-refractivity contribution is 6.02. The fourth-order valence-corrected chi connectivity index (χ4v) is 1.98. The number of amides is 1. The first-order valence-electron chi connectivity index (χ1n) is 5.99. The van der Waals surface area contributed by atoms with Gasteiger partial charge in [0, 0.05) is 6.61 Å². The molecule has 0 aromatic heterocycles. The van der Waals surface area contributed by atoms with Crippen LogP contribution in [0.2, 0.25) is 0 Å². The molecule has 0 aromatic carbocycles. The molecule has 1 saturated heterocycles. The zero-order chi connectivity index (χ0) is 12.8. The summed E-state index contributed by atoms with van der Waals surface area (Å²) in [6.07, 6.45) is 2.20. The molecule has 0 aromatic rings. The summed E-state index contributed by atoms with van der Waals surface area (Å²) >= 11 is 0. The third-order valence-corrected chi connectivity index (χ3v) is 3.07. The van der Waals surface area contributed by atoms with Crippen LogP contribution < -0.4 is 11.1 Å². The molecule has 6 heteroatoms. The van der Waals surface area contributed by atoms with E-state index in [9.17, 15) is 4.79 Å². The van der Waals surface area contributed by atoms with Crippen LogP contribution in [0.5, 0.6) is 0 Å². The Balaban J connectivity index is 2.58. The number of rotatable bonds is 5. The lowest BCUT2D eigenvalue weighted by atomic mass is 10.0. The molecule has 1 aliphatic rings. The van der Waals surface area contributed by atoms with Crippen LogP contribution in [0.3, 0.4) is 0 Å². The molecule has 1 amide bonds. The van der Waals surface area contributed by atoms with Crippen LogP contribution >= 0.6 is 0 Å². The number of nitrogens with two attached hydrogens (primary N) is 1. The molecule has 1 rings (SSSR count). The van der Waals surface area contributed by atoms with Gasteiger partial charge in [-0.2, -0.15) is 0 Å². The number of oxime groups is 1. The standard InChI is InChI=1S/C11H21N3O3/c1-3-4-8(10(12)14-16)11(15)13-9-5-6-17-7(9)2/h7-9,16H,3-6H2,1-2H3,(H2,12,14)(H,13,15). The lowest BCUT2D eigenvalue weighted by Gasteiger charge is -2.20. The van der Waals surface area contributed by atoms with E-state index in [-0.39, 0.29) is 23.9 Å². The molecule has 1 heterocycles. The van der Waals surface area contributed by atoms with Gasteiger partial charge >= 0.3 is 0 Å². The first-order chi connectivity index (χ1) is 8.10. The molecular weight excluding hydrogens is 222 g/mol. The van der Waals surface area contributed by atoms with E-state index in [0.717, 1.165) is 12.8 Å². The summed E-state index contributed by atoms with van der Waals surface area (Å²) in [5, 5.41) is 14.5. The van der Waals surface area contributed by atoms with Crippen molar-refractivity contribution in [3.63, 3.8) is 0 Å². The Morgan fingerprint density at radius 1 is 1.71 bits per heavy atom. The van der Waals surface area contributed by atoms with E-state index in [2.05, 4.69) is 10.5 Å². The molecule has 0 bridgehead atoms. The maximum atomic E-state index is 12.0. The van der Waals surface area contributed by atoms with Gasteiger partial charge in [0.25, 0.3) is 0 Å². The largest absolute Gasteiger partial charge is 0.409 e. The number of hydrogen-bond acceptors (Lipinski definition) is 4. The zero-order valence-electron chi connectivity index (χ0n) is 10.3. The van der Waals surface area contributed by atoms with Crippen molar-refractivity contribution in [2.24, 2.45) is 16.8 Å². The van der Waals surface area contributed by atoms with E-state index in [1.807, 2.05) is 13.8 Å². The molecule has 0 saturated carbocycles. The van der Waals surface area contributed by atoms with Gasteiger partial charge in [-0.3, -0.25) is 4.79 Å². The molecule has 0 radical (unpaired) electrons. The quantitative estimate of drug-likeness (QED) is 0.282. The van der Waals surface area contributed by atoms with Gasteiger partial charge in [0.2, 0.25) is 5.91 Å². The summed E-state index contributed by atoms with van der Waals surface area (Å²) in [6.45, 7) is 4.54. The summed E-state index contributed by atoms with van der Waals surface area (Å²) in [7, 11) is 0. The van der Waals surface area contributed by atoms with Crippen LogP contribution in [-0.4, -0.2) is 35.7 Å². The van der Waals surface area contributed by atoms with Crippen molar-refractivity contribution in [2.75, 3.05) is 6.61 Å². The SMILES string of the molecule is CCCC(C(=O)NC1CCOC1C)C(N)=NO. The Hall–Kier alpha value is -1.30. The van der Waals surface area contributed by atoms with Crippen molar-refractivity contribution in [1.29, 1.82) is 0 Å². The summed E-state index contributed by atoms with van der Waals surface area (Å²) in [5.74, 6) is -0.779. The molecule has 6 nitrogen and oxygen atoms in total. The van der Waals surface area contributed by atoms with E-state index in [1.54, 1.807) is 0 Å². The number of amidine groups is 1. The second-order valence-electron chi connectivity index (χ2n) is 4.35. The summed E-state index contributed by atoms with van der Waals surface area (Å²) in [4.78, 5) is 12.0. The van der Waals surface area contributed by atoms with E-state index in [1.165, 1.54) is 0 Å².